The van der Waals surface area contributed by atoms with Gasteiger partial charge in [0.15, 0.2) is 0 Å². The van der Waals surface area contributed by atoms with Crippen LogP contribution in [0.4, 0.5) is 13.2 Å². The molecule has 0 aromatic heterocycles. The second kappa shape index (κ2) is 3.73. The van der Waals surface area contributed by atoms with Crippen molar-refractivity contribution >= 4 is 0 Å². The molecule has 2 saturated carbocycles. The van der Waals surface area contributed by atoms with Crippen molar-refractivity contribution < 1.29 is 13.2 Å². The topological polar surface area (TPSA) is 26.0 Å². The van der Waals surface area contributed by atoms with E-state index in [1.54, 1.807) is 12.1 Å². The molecule has 4 heteroatoms. The second-order valence-corrected chi connectivity index (χ2v) is 5.49. The average molecular weight is 255 g/mol. The van der Waals surface area contributed by atoms with E-state index >= 15 is 0 Å². The highest BCUT2D eigenvalue weighted by atomic mass is 19.4. The SMILES string of the molecule is NC[C@@H]1CC1(c1ccccc1C(F)(F)F)C1CC1. The van der Waals surface area contributed by atoms with Crippen molar-refractivity contribution in [3.05, 3.63) is 35.4 Å². The fourth-order valence-electron chi connectivity index (χ4n) is 3.43. The highest BCUT2D eigenvalue weighted by Crippen LogP contribution is 2.67. The third-order valence-corrected chi connectivity index (χ3v) is 4.48. The largest absolute Gasteiger partial charge is 0.416 e. The summed E-state index contributed by atoms with van der Waals surface area (Å²) in [6.45, 7) is 0.489. The van der Waals surface area contributed by atoms with Gasteiger partial charge in [-0.2, -0.15) is 13.2 Å². The van der Waals surface area contributed by atoms with Crippen molar-refractivity contribution in [1.82, 2.24) is 0 Å². The summed E-state index contributed by atoms with van der Waals surface area (Å²) in [7, 11) is 0. The lowest BCUT2D eigenvalue weighted by Gasteiger charge is -2.22. The molecule has 2 atom stereocenters. The molecule has 18 heavy (non-hydrogen) atoms. The Morgan fingerprint density at radius 1 is 1.22 bits per heavy atom. The van der Waals surface area contributed by atoms with Crippen molar-refractivity contribution in [2.24, 2.45) is 17.6 Å². The Bertz CT molecular complexity index is 464. The maximum atomic E-state index is 13.1. The van der Waals surface area contributed by atoms with Crippen LogP contribution in [0.2, 0.25) is 0 Å². The summed E-state index contributed by atoms with van der Waals surface area (Å²) in [6, 6.07) is 6.02. The number of alkyl halides is 3. The molecule has 98 valence electrons. The quantitative estimate of drug-likeness (QED) is 0.880. The predicted octanol–water partition coefficient (Wildman–Crippen LogP) is 3.33. The van der Waals surface area contributed by atoms with Gasteiger partial charge in [0.05, 0.1) is 5.56 Å². The summed E-state index contributed by atoms with van der Waals surface area (Å²) in [4.78, 5) is 0. The molecule has 1 aromatic rings. The van der Waals surface area contributed by atoms with E-state index in [0.29, 0.717) is 18.0 Å². The first-order valence-electron chi connectivity index (χ1n) is 6.37. The molecule has 0 bridgehead atoms. The first-order chi connectivity index (χ1) is 8.50. The Kier molecular flexibility index (Phi) is 2.49. The van der Waals surface area contributed by atoms with Crippen molar-refractivity contribution in [3.63, 3.8) is 0 Å². The highest BCUT2D eigenvalue weighted by Gasteiger charge is 2.63. The maximum absolute atomic E-state index is 13.1. The standard InChI is InChI=1S/C14H16F3N/c15-14(16,17)12-4-2-1-3-11(12)13(9-5-6-9)7-10(13)8-18/h1-4,9-10H,5-8,18H2/t10-,13?/m0/s1. The van der Waals surface area contributed by atoms with Gasteiger partial charge in [-0.1, -0.05) is 18.2 Å². The van der Waals surface area contributed by atoms with Crippen LogP contribution in [-0.2, 0) is 11.6 Å². The number of rotatable bonds is 3. The molecule has 2 aliphatic carbocycles. The molecule has 3 rings (SSSR count). The minimum Gasteiger partial charge on any atom is -0.330 e. The molecule has 2 aliphatic rings. The van der Waals surface area contributed by atoms with E-state index in [2.05, 4.69) is 0 Å². The maximum Gasteiger partial charge on any atom is 0.416 e. The lowest BCUT2D eigenvalue weighted by molar-refractivity contribution is -0.138. The van der Waals surface area contributed by atoms with Crippen LogP contribution in [0.15, 0.2) is 24.3 Å². The summed E-state index contributed by atoms with van der Waals surface area (Å²) >= 11 is 0. The van der Waals surface area contributed by atoms with Gasteiger partial charge in [0.1, 0.15) is 0 Å². The van der Waals surface area contributed by atoms with E-state index in [0.717, 1.165) is 19.3 Å². The zero-order chi connectivity index (χ0) is 13.0. The Morgan fingerprint density at radius 2 is 1.89 bits per heavy atom. The van der Waals surface area contributed by atoms with Gasteiger partial charge < -0.3 is 5.73 Å². The minimum atomic E-state index is -4.26. The summed E-state index contributed by atoms with van der Waals surface area (Å²) < 4.78 is 39.3. The van der Waals surface area contributed by atoms with E-state index in [1.807, 2.05) is 0 Å². The number of halogens is 3. The van der Waals surface area contributed by atoms with E-state index in [9.17, 15) is 13.2 Å². The monoisotopic (exact) mass is 255 g/mol. The normalized spacial score (nSPS) is 31.4. The summed E-state index contributed by atoms with van der Waals surface area (Å²) in [5, 5.41) is 0. The molecular formula is C14H16F3N. The van der Waals surface area contributed by atoms with Crippen LogP contribution in [0, 0.1) is 11.8 Å². The van der Waals surface area contributed by atoms with E-state index < -0.39 is 11.7 Å². The molecule has 0 amide bonds. The Balaban J connectivity index is 2.06. The van der Waals surface area contributed by atoms with Crippen LogP contribution in [0.25, 0.3) is 0 Å². The van der Waals surface area contributed by atoms with E-state index in [4.69, 9.17) is 5.73 Å². The number of benzene rings is 1. The second-order valence-electron chi connectivity index (χ2n) is 5.49. The zero-order valence-corrected chi connectivity index (χ0v) is 10.0. The van der Waals surface area contributed by atoms with Crippen LogP contribution in [-0.4, -0.2) is 6.54 Å². The van der Waals surface area contributed by atoms with Crippen LogP contribution in [0.5, 0.6) is 0 Å². The van der Waals surface area contributed by atoms with Gasteiger partial charge >= 0.3 is 6.18 Å². The lowest BCUT2D eigenvalue weighted by atomic mass is 9.84. The van der Waals surface area contributed by atoms with Crippen molar-refractivity contribution in [2.75, 3.05) is 6.54 Å². The van der Waals surface area contributed by atoms with Gasteiger partial charge in [0, 0.05) is 5.41 Å². The lowest BCUT2D eigenvalue weighted by Crippen LogP contribution is -2.22. The number of hydrogen-bond acceptors (Lipinski definition) is 1. The van der Waals surface area contributed by atoms with Crippen LogP contribution in [0.1, 0.15) is 30.4 Å². The smallest absolute Gasteiger partial charge is 0.330 e. The summed E-state index contributed by atoms with van der Waals surface area (Å²) in [6.07, 6.45) is -1.35. The third-order valence-electron chi connectivity index (χ3n) is 4.48. The Morgan fingerprint density at radius 3 is 2.39 bits per heavy atom. The molecule has 2 N–H and O–H groups in total. The van der Waals surface area contributed by atoms with E-state index in [-0.39, 0.29) is 11.3 Å². The number of nitrogens with two attached hydrogens (primary N) is 1. The zero-order valence-electron chi connectivity index (χ0n) is 10.0. The van der Waals surface area contributed by atoms with E-state index in [1.165, 1.54) is 12.1 Å². The molecule has 0 aliphatic heterocycles. The van der Waals surface area contributed by atoms with Crippen molar-refractivity contribution in [3.8, 4) is 0 Å². The molecule has 0 spiro atoms. The molecule has 0 radical (unpaired) electrons. The molecule has 1 aromatic carbocycles. The molecule has 2 fully saturated rings. The first kappa shape index (κ1) is 12.0. The fourth-order valence-corrected chi connectivity index (χ4v) is 3.43. The van der Waals surface area contributed by atoms with Gasteiger partial charge in [0.25, 0.3) is 0 Å². The van der Waals surface area contributed by atoms with Crippen molar-refractivity contribution in [1.29, 1.82) is 0 Å². The van der Waals surface area contributed by atoms with Crippen LogP contribution < -0.4 is 5.73 Å². The highest BCUT2D eigenvalue weighted by molar-refractivity contribution is 5.44. The fraction of sp³-hybridized carbons (Fsp3) is 0.571. The van der Waals surface area contributed by atoms with Gasteiger partial charge in [0.2, 0.25) is 0 Å². The summed E-state index contributed by atoms with van der Waals surface area (Å²) in [5.41, 5.74) is 5.43. The Hall–Kier alpha value is -1.03. The molecular weight excluding hydrogens is 239 g/mol. The summed E-state index contributed by atoms with van der Waals surface area (Å²) in [5.74, 6) is 0.642. The predicted molar refractivity (Wildman–Crippen MR) is 63.0 cm³/mol. The molecule has 1 nitrogen and oxygen atoms in total. The average Bonchev–Trinajstić information content (AvgIpc) is 3.20. The minimum absolute atomic E-state index is 0.230. The Labute approximate surface area is 104 Å². The third kappa shape index (κ3) is 1.66. The van der Waals surface area contributed by atoms with Gasteiger partial charge in [-0.05, 0) is 49.3 Å². The van der Waals surface area contributed by atoms with Crippen LogP contribution >= 0.6 is 0 Å². The van der Waals surface area contributed by atoms with Gasteiger partial charge in [-0.25, -0.2) is 0 Å². The van der Waals surface area contributed by atoms with Gasteiger partial charge in [-0.15, -0.1) is 0 Å². The molecule has 0 saturated heterocycles. The van der Waals surface area contributed by atoms with Gasteiger partial charge in [-0.3, -0.25) is 0 Å². The molecule has 1 unspecified atom stereocenters. The molecule has 0 heterocycles. The number of hydrogen-bond donors (Lipinski definition) is 1. The van der Waals surface area contributed by atoms with Crippen molar-refractivity contribution in [2.45, 2.75) is 30.9 Å². The van der Waals surface area contributed by atoms with Crippen LogP contribution in [0.3, 0.4) is 0 Å². The first-order valence-corrected chi connectivity index (χ1v) is 6.37.